The predicted octanol–water partition coefficient (Wildman–Crippen LogP) is 6.14. The third-order valence-electron chi connectivity index (χ3n) is 8.52. The molecule has 3 N–H and O–H groups in total. The second-order valence-electron chi connectivity index (χ2n) is 10.9. The van der Waals surface area contributed by atoms with Crippen LogP contribution in [0.25, 0.3) is 21.8 Å². The minimum atomic E-state index is -0.527. The van der Waals surface area contributed by atoms with Crippen molar-refractivity contribution in [1.29, 1.82) is 0 Å². The van der Waals surface area contributed by atoms with E-state index >= 15 is 0 Å². The Morgan fingerprint density at radius 2 is 1.62 bits per heavy atom. The Kier molecular flexibility index (Phi) is 7.16. The molecule has 6 nitrogen and oxygen atoms in total. The Hall–Kier alpha value is -4.32. The molecule has 40 heavy (non-hydrogen) atoms. The summed E-state index contributed by atoms with van der Waals surface area (Å²) in [7, 11) is 1.75. The van der Waals surface area contributed by atoms with Crippen molar-refractivity contribution >= 4 is 27.7 Å². The largest absolute Gasteiger partial charge is 0.507 e. The minimum absolute atomic E-state index is 0.00256. The number of rotatable bonds is 7. The maximum Gasteiger partial charge on any atom is 0.258 e. The normalized spacial score (nSPS) is 14.9. The molecule has 204 valence electrons. The maximum atomic E-state index is 13.9. The van der Waals surface area contributed by atoms with E-state index < -0.39 is 5.92 Å². The van der Waals surface area contributed by atoms with E-state index in [9.17, 15) is 14.7 Å². The molecule has 1 amide bonds. The molecule has 2 heterocycles. The fourth-order valence-electron chi connectivity index (χ4n) is 6.44. The molecule has 0 bridgehead atoms. The molecule has 1 aliphatic rings. The van der Waals surface area contributed by atoms with Gasteiger partial charge in [-0.05, 0) is 48.6 Å². The van der Waals surface area contributed by atoms with Crippen LogP contribution in [0.2, 0.25) is 0 Å². The smallest absolute Gasteiger partial charge is 0.258 e. The molecule has 1 saturated carbocycles. The van der Waals surface area contributed by atoms with Gasteiger partial charge in [0.05, 0.1) is 17.0 Å². The van der Waals surface area contributed by atoms with Gasteiger partial charge in [-0.1, -0.05) is 79.9 Å². The molecule has 5 aromatic rings. The van der Waals surface area contributed by atoms with Crippen molar-refractivity contribution in [2.45, 2.75) is 44.4 Å². The number of pyridine rings is 1. The fourth-order valence-corrected chi connectivity index (χ4v) is 6.44. The number of nitrogens with zero attached hydrogens (tertiary/aromatic N) is 1. The first-order valence-corrected chi connectivity index (χ1v) is 14.3. The number of carbonyl (C=O) groups is 1. The Morgan fingerprint density at radius 1 is 0.950 bits per heavy atom. The van der Waals surface area contributed by atoms with Gasteiger partial charge in [0.2, 0.25) is 5.91 Å². The molecule has 0 saturated heterocycles. The molecule has 3 aromatic carbocycles. The van der Waals surface area contributed by atoms with Gasteiger partial charge in [-0.3, -0.25) is 9.59 Å². The number of benzene rings is 3. The maximum absolute atomic E-state index is 13.9. The number of aryl methyl sites for hydroxylation is 1. The number of amides is 1. The number of carbonyl (C=O) groups excluding carboxylic acids is 1. The number of aromatic amines is 1. The molecule has 1 aliphatic carbocycles. The second kappa shape index (κ2) is 11.0. The molecule has 1 unspecified atom stereocenters. The first kappa shape index (κ1) is 25.9. The van der Waals surface area contributed by atoms with E-state index in [1.807, 2.05) is 72.8 Å². The van der Waals surface area contributed by atoms with E-state index in [2.05, 4.69) is 16.4 Å². The molecule has 2 aromatic heterocycles. The number of aromatic hydroxyl groups is 1. The van der Waals surface area contributed by atoms with Crippen molar-refractivity contribution in [3.8, 4) is 5.75 Å². The van der Waals surface area contributed by atoms with Crippen LogP contribution < -0.4 is 10.9 Å². The lowest BCUT2D eigenvalue weighted by atomic mass is 9.85. The summed E-state index contributed by atoms with van der Waals surface area (Å²) >= 11 is 0. The summed E-state index contributed by atoms with van der Waals surface area (Å²) in [5.41, 5.74) is 4.56. The van der Waals surface area contributed by atoms with Gasteiger partial charge in [0.25, 0.3) is 5.56 Å². The van der Waals surface area contributed by atoms with Crippen LogP contribution in [0.15, 0.2) is 83.7 Å². The molecule has 1 fully saturated rings. The van der Waals surface area contributed by atoms with Gasteiger partial charge in [-0.2, -0.15) is 0 Å². The van der Waals surface area contributed by atoms with E-state index in [4.69, 9.17) is 0 Å². The van der Waals surface area contributed by atoms with Gasteiger partial charge in [0.1, 0.15) is 5.75 Å². The number of aromatic nitrogens is 2. The fraction of sp³-hybridized carbons (Fsp3) is 0.294. The van der Waals surface area contributed by atoms with Crippen LogP contribution in [0, 0.1) is 5.92 Å². The molecule has 0 radical (unpaired) electrons. The first-order chi connectivity index (χ1) is 19.5. The van der Waals surface area contributed by atoms with Crippen molar-refractivity contribution in [2.75, 3.05) is 6.54 Å². The third-order valence-corrected chi connectivity index (χ3v) is 8.52. The highest BCUT2D eigenvalue weighted by Crippen LogP contribution is 2.41. The van der Waals surface area contributed by atoms with Gasteiger partial charge in [0, 0.05) is 41.5 Å². The Morgan fingerprint density at radius 3 is 2.40 bits per heavy atom. The summed E-state index contributed by atoms with van der Waals surface area (Å²) in [6, 6.07) is 25.4. The lowest BCUT2D eigenvalue weighted by Gasteiger charge is -2.22. The highest BCUT2D eigenvalue weighted by molar-refractivity contribution is 5.88. The highest BCUT2D eigenvalue weighted by Gasteiger charge is 2.30. The molecule has 1 atom stereocenters. The van der Waals surface area contributed by atoms with Crippen molar-refractivity contribution in [3.63, 3.8) is 0 Å². The number of fused-ring (bicyclic) bond motifs is 2. The molecule has 6 heteroatoms. The van der Waals surface area contributed by atoms with Crippen molar-refractivity contribution in [1.82, 2.24) is 14.9 Å². The second-order valence-corrected chi connectivity index (χ2v) is 10.9. The average Bonchev–Trinajstić information content (AvgIpc) is 3.36. The van der Waals surface area contributed by atoms with E-state index in [-0.39, 0.29) is 23.1 Å². The van der Waals surface area contributed by atoms with Crippen molar-refractivity contribution in [3.05, 3.63) is 112 Å². The number of hydrogen-bond acceptors (Lipinski definition) is 3. The van der Waals surface area contributed by atoms with Gasteiger partial charge in [-0.15, -0.1) is 0 Å². The number of para-hydroxylation sites is 2. The van der Waals surface area contributed by atoms with Gasteiger partial charge in [-0.25, -0.2) is 0 Å². The zero-order valence-corrected chi connectivity index (χ0v) is 22.8. The van der Waals surface area contributed by atoms with E-state index in [1.165, 1.54) is 6.42 Å². The van der Waals surface area contributed by atoms with Crippen molar-refractivity contribution in [2.24, 2.45) is 13.0 Å². The average molecular weight is 534 g/mol. The van der Waals surface area contributed by atoms with Gasteiger partial charge >= 0.3 is 0 Å². The van der Waals surface area contributed by atoms with Crippen LogP contribution in [-0.4, -0.2) is 27.1 Å². The SMILES string of the molecule is Cn1c(=O)c(C(c2ccccc2)c2[nH]c3ccccc3c2CCNC(=O)C2CCCCC2)c(O)c2ccccc21. The summed E-state index contributed by atoms with van der Waals surface area (Å²) in [5, 5.41) is 16.5. The third kappa shape index (κ3) is 4.68. The monoisotopic (exact) mass is 533 g/mol. The summed E-state index contributed by atoms with van der Waals surface area (Å²) in [6.45, 7) is 0.507. The topological polar surface area (TPSA) is 87.1 Å². The number of H-pyrrole nitrogens is 1. The van der Waals surface area contributed by atoms with Crippen LogP contribution in [-0.2, 0) is 18.3 Å². The lowest BCUT2D eigenvalue weighted by Crippen LogP contribution is -2.33. The van der Waals surface area contributed by atoms with Crippen molar-refractivity contribution < 1.29 is 9.90 Å². The lowest BCUT2D eigenvalue weighted by molar-refractivity contribution is -0.125. The number of hydrogen-bond donors (Lipinski definition) is 3. The van der Waals surface area contributed by atoms with Crippen LogP contribution in [0.4, 0.5) is 0 Å². The van der Waals surface area contributed by atoms with Crippen LogP contribution >= 0.6 is 0 Å². The van der Waals surface area contributed by atoms with Gasteiger partial charge in [0.15, 0.2) is 0 Å². The van der Waals surface area contributed by atoms with Crippen LogP contribution in [0.5, 0.6) is 5.75 Å². The zero-order chi connectivity index (χ0) is 27.6. The summed E-state index contributed by atoms with van der Waals surface area (Å²) in [6.07, 6.45) is 5.98. The quantitative estimate of drug-likeness (QED) is 0.235. The predicted molar refractivity (Wildman–Crippen MR) is 160 cm³/mol. The minimum Gasteiger partial charge on any atom is -0.507 e. The Labute approximate surface area is 233 Å². The first-order valence-electron chi connectivity index (χ1n) is 14.3. The Bertz CT molecular complexity index is 1730. The van der Waals surface area contributed by atoms with E-state index in [1.54, 1.807) is 11.6 Å². The summed E-state index contributed by atoms with van der Waals surface area (Å²) < 4.78 is 1.62. The zero-order valence-electron chi connectivity index (χ0n) is 22.8. The molecular weight excluding hydrogens is 498 g/mol. The Balaban J connectivity index is 1.48. The van der Waals surface area contributed by atoms with E-state index in [0.29, 0.717) is 29.4 Å². The molecular formula is C34H35N3O3. The van der Waals surface area contributed by atoms with E-state index in [0.717, 1.165) is 53.4 Å². The van der Waals surface area contributed by atoms with Gasteiger partial charge < -0.3 is 20.0 Å². The van der Waals surface area contributed by atoms with Crippen LogP contribution in [0.3, 0.4) is 0 Å². The standard InChI is InChI=1S/C34H35N3O3/c1-37-28-19-11-9-17-26(28)32(38)30(34(37)40)29(22-12-4-2-5-13-22)31-25(24-16-8-10-18-27(24)36-31)20-21-35-33(39)23-14-6-3-7-15-23/h2,4-5,8-13,16-19,23,29,36,38H,3,6-7,14-15,20-21H2,1H3,(H,35,39). The molecule has 0 spiro atoms. The van der Waals surface area contributed by atoms with Crippen LogP contribution in [0.1, 0.15) is 60.4 Å². The number of nitrogens with one attached hydrogen (secondary N) is 2. The summed E-state index contributed by atoms with van der Waals surface area (Å²) in [5.74, 6) is -0.281. The molecule has 0 aliphatic heterocycles. The summed E-state index contributed by atoms with van der Waals surface area (Å²) in [4.78, 5) is 30.4. The highest BCUT2D eigenvalue weighted by atomic mass is 16.3. The molecule has 6 rings (SSSR count).